The molecule has 14 heavy (non-hydrogen) atoms. The first-order chi connectivity index (χ1) is 6.51. The number of halogens is 1. The predicted molar refractivity (Wildman–Crippen MR) is 52.1 cm³/mol. The van der Waals surface area contributed by atoms with Gasteiger partial charge in [-0.1, -0.05) is 11.6 Å². The van der Waals surface area contributed by atoms with Crippen molar-refractivity contribution >= 4 is 32.2 Å². The molecule has 1 aromatic rings. The summed E-state index contributed by atoms with van der Waals surface area (Å²) < 4.78 is 23.0. The van der Waals surface area contributed by atoms with Crippen LogP contribution in [0.2, 0.25) is 5.02 Å². The van der Waals surface area contributed by atoms with Gasteiger partial charge in [0.1, 0.15) is 0 Å². The van der Waals surface area contributed by atoms with Gasteiger partial charge in [0, 0.05) is 5.02 Å². The average Bonchev–Trinajstić information content (AvgIpc) is 2.12. The van der Waals surface area contributed by atoms with Crippen LogP contribution in [0.5, 0.6) is 0 Å². The van der Waals surface area contributed by atoms with E-state index in [9.17, 15) is 13.2 Å². The molecular formula is C8H6ClNO3S. The van der Waals surface area contributed by atoms with Crippen LogP contribution in [0.25, 0.3) is 0 Å². The van der Waals surface area contributed by atoms with Crippen LogP contribution in [-0.4, -0.2) is 20.1 Å². The molecule has 0 fully saturated rings. The molecule has 0 unspecified atom stereocenters. The van der Waals surface area contributed by atoms with Crippen LogP contribution in [0.15, 0.2) is 23.1 Å². The van der Waals surface area contributed by atoms with E-state index in [0.29, 0.717) is 10.7 Å². The summed E-state index contributed by atoms with van der Waals surface area (Å²) in [5, 5.41) is 2.31. The van der Waals surface area contributed by atoms with Gasteiger partial charge in [0.25, 0.3) is 5.12 Å². The fourth-order valence-electron chi connectivity index (χ4n) is 1.26. The Morgan fingerprint density at radius 3 is 2.79 bits per heavy atom. The molecular weight excluding hydrogens is 226 g/mol. The van der Waals surface area contributed by atoms with Gasteiger partial charge in [-0.25, -0.2) is 8.42 Å². The molecule has 1 heterocycles. The number of nitrogens with one attached hydrogen (secondary N) is 1. The van der Waals surface area contributed by atoms with E-state index in [1.165, 1.54) is 18.2 Å². The SMILES string of the molecule is O=C1CNc2cc(Cl)ccc2S1(=O)=O. The lowest BCUT2D eigenvalue weighted by atomic mass is 10.3. The molecule has 0 bridgehead atoms. The largest absolute Gasteiger partial charge is 0.376 e. The number of fused-ring (bicyclic) bond motifs is 1. The van der Waals surface area contributed by atoms with Gasteiger partial charge in [-0.05, 0) is 18.2 Å². The van der Waals surface area contributed by atoms with E-state index in [2.05, 4.69) is 5.32 Å². The minimum absolute atomic E-state index is 0.00171. The molecule has 4 nitrogen and oxygen atoms in total. The highest BCUT2D eigenvalue weighted by Gasteiger charge is 2.31. The molecule has 0 aliphatic carbocycles. The quantitative estimate of drug-likeness (QED) is 0.726. The fraction of sp³-hybridized carbons (Fsp3) is 0.125. The molecule has 1 aliphatic rings. The summed E-state index contributed by atoms with van der Waals surface area (Å²) >= 11 is 5.69. The maximum absolute atomic E-state index is 11.5. The Kier molecular flexibility index (Phi) is 2.01. The monoisotopic (exact) mass is 231 g/mol. The number of rotatable bonds is 0. The fourth-order valence-corrected chi connectivity index (χ4v) is 2.61. The van der Waals surface area contributed by atoms with Crippen LogP contribution in [-0.2, 0) is 14.6 Å². The second kappa shape index (κ2) is 2.96. The molecule has 74 valence electrons. The zero-order chi connectivity index (χ0) is 10.3. The first-order valence-electron chi connectivity index (χ1n) is 3.83. The van der Waals surface area contributed by atoms with Crippen molar-refractivity contribution in [1.82, 2.24) is 0 Å². The maximum atomic E-state index is 11.5. The number of hydrogen-bond acceptors (Lipinski definition) is 4. The van der Waals surface area contributed by atoms with Gasteiger partial charge >= 0.3 is 0 Å². The highest BCUT2D eigenvalue weighted by Crippen LogP contribution is 2.29. The Morgan fingerprint density at radius 1 is 1.36 bits per heavy atom. The van der Waals surface area contributed by atoms with E-state index in [1.54, 1.807) is 0 Å². The molecule has 0 saturated carbocycles. The van der Waals surface area contributed by atoms with Crippen LogP contribution in [0.3, 0.4) is 0 Å². The second-order valence-electron chi connectivity index (χ2n) is 2.87. The van der Waals surface area contributed by atoms with Gasteiger partial charge < -0.3 is 5.32 Å². The Morgan fingerprint density at radius 2 is 2.07 bits per heavy atom. The summed E-state index contributed by atoms with van der Waals surface area (Å²) in [5.74, 6) is 0. The van der Waals surface area contributed by atoms with Crippen LogP contribution in [0.4, 0.5) is 5.69 Å². The van der Waals surface area contributed by atoms with Crippen LogP contribution in [0, 0.1) is 0 Å². The lowest BCUT2D eigenvalue weighted by molar-refractivity contribution is -0.110. The van der Waals surface area contributed by atoms with E-state index in [4.69, 9.17) is 11.6 Å². The van der Waals surface area contributed by atoms with Crippen molar-refractivity contribution in [2.45, 2.75) is 4.90 Å². The van der Waals surface area contributed by atoms with Crippen LogP contribution >= 0.6 is 11.6 Å². The van der Waals surface area contributed by atoms with Gasteiger partial charge in [-0.15, -0.1) is 0 Å². The van der Waals surface area contributed by atoms with E-state index in [0.717, 1.165) is 0 Å². The molecule has 0 atom stereocenters. The van der Waals surface area contributed by atoms with E-state index in [-0.39, 0.29) is 11.4 Å². The minimum atomic E-state index is -3.80. The first kappa shape index (κ1) is 9.48. The van der Waals surface area contributed by atoms with Crippen molar-refractivity contribution < 1.29 is 13.2 Å². The topological polar surface area (TPSA) is 63.2 Å². The summed E-state index contributed by atoms with van der Waals surface area (Å²) in [5.41, 5.74) is 0.386. The second-order valence-corrected chi connectivity index (χ2v) is 5.21. The summed E-state index contributed by atoms with van der Waals surface area (Å²) in [7, 11) is -3.80. The highest BCUT2D eigenvalue weighted by molar-refractivity contribution is 8.06. The Labute approximate surface area is 85.8 Å². The molecule has 0 saturated heterocycles. The molecule has 0 aromatic heterocycles. The van der Waals surface area contributed by atoms with Gasteiger partial charge in [-0.2, -0.15) is 0 Å². The summed E-state index contributed by atoms with van der Waals surface area (Å²) in [4.78, 5) is 11.1. The number of carbonyl (C=O) groups is 1. The normalized spacial score (nSPS) is 18.5. The number of benzene rings is 1. The van der Waals surface area contributed by atoms with Crippen molar-refractivity contribution in [2.75, 3.05) is 11.9 Å². The third kappa shape index (κ3) is 1.29. The van der Waals surface area contributed by atoms with Crippen LogP contribution in [0.1, 0.15) is 0 Å². The Hall–Kier alpha value is -1.07. The zero-order valence-corrected chi connectivity index (χ0v) is 8.52. The minimum Gasteiger partial charge on any atom is -0.376 e. The Bertz CT molecular complexity index is 509. The van der Waals surface area contributed by atoms with Crippen LogP contribution < -0.4 is 5.32 Å². The van der Waals surface area contributed by atoms with E-state index >= 15 is 0 Å². The summed E-state index contributed by atoms with van der Waals surface area (Å²) in [6.45, 7) is -0.199. The van der Waals surface area contributed by atoms with Gasteiger partial charge in [0.15, 0.2) is 0 Å². The number of carbonyl (C=O) groups excluding carboxylic acids is 1. The molecule has 2 rings (SSSR count). The van der Waals surface area contributed by atoms with Gasteiger partial charge in [-0.3, -0.25) is 4.79 Å². The standard InChI is InChI=1S/C8H6ClNO3S/c9-5-1-2-7-6(3-5)10-4-8(11)14(7,12)13/h1-3,10H,4H2. The molecule has 6 heteroatoms. The lowest BCUT2D eigenvalue weighted by Gasteiger charge is -2.16. The summed E-state index contributed by atoms with van der Waals surface area (Å²) in [6.07, 6.45) is 0. The van der Waals surface area contributed by atoms with E-state index < -0.39 is 15.0 Å². The van der Waals surface area contributed by atoms with Gasteiger partial charge in [0.05, 0.1) is 17.1 Å². The number of sulfone groups is 1. The molecule has 0 amide bonds. The molecule has 0 radical (unpaired) electrons. The molecule has 1 aliphatic heterocycles. The average molecular weight is 232 g/mol. The maximum Gasteiger partial charge on any atom is 0.270 e. The number of hydrogen-bond donors (Lipinski definition) is 1. The summed E-state index contributed by atoms with van der Waals surface area (Å²) in [6, 6.07) is 4.26. The molecule has 1 aromatic carbocycles. The number of anilines is 1. The van der Waals surface area contributed by atoms with Gasteiger partial charge in [0.2, 0.25) is 9.84 Å². The van der Waals surface area contributed by atoms with Crippen molar-refractivity contribution in [3.05, 3.63) is 23.2 Å². The molecule has 1 N–H and O–H groups in total. The third-order valence-electron chi connectivity index (χ3n) is 1.95. The van der Waals surface area contributed by atoms with Crippen molar-refractivity contribution in [2.24, 2.45) is 0 Å². The third-order valence-corrected chi connectivity index (χ3v) is 3.87. The highest BCUT2D eigenvalue weighted by atomic mass is 35.5. The Balaban J connectivity index is 2.71. The molecule has 0 spiro atoms. The lowest BCUT2D eigenvalue weighted by Crippen LogP contribution is -2.29. The van der Waals surface area contributed by atoms with Crippen molar-refractivity contribution in [3.63, 3.8) is 0 Å². The van der Waals surface area contributed by atoms with Crippen molar-refractivity contribution in [3.8, 4) is 0 Å². The van der Waals surface area contributed by atoms with E-state index in [1.807, 2.05) is 0 Å². The van der Waals surface area contributed by atoms with Crippen molar-refractivity contribution in [1.29, 1.82) is 0 Å². The smallest absolute Gasteiger partial charge is 0.270 e. The zero-order valence-electron chi connectivity index (χ0n) is 6.95. The first-order valence-corrected chi connectivity index (χ1v) is 5.69. The predicted octanol–water partition coefficient (Wildman–Crippen LogP) is 1.07.